The summed E-state index contributed by atoms with van der Waals surface area (Å²) >= 11 is 0. The molecule has 0 aliphatic carbocycles. The molecule has 68 valence electrons. The third-order valence-electron chi connectivity index (χ3n) is 1.41. The molecule has 0 atom stereocenters. The SMILES string of the molecule is C=C/C(C)=C/C=C/C(C)(C)OO. The van der Waals surface area contributed by atoms with Crippen molar-refractivity contribution in [2.24, 2.45) is 0 Å². The molecule has 0 amide bonds. The molecule has 0 bridgehead atoms. The van der Waals surface area contributed by atoms with Crippen LogP contribution in [0.4, 0.5) is 0 Å². The molecule has 0 aliphatic rings. The second-order valence-electron chi connectivity index (χ2n) is 3.17. The lowest BCUT2D eigenvalue weighted by molar-refractivity contribution is -0.297. The van der Waals surface area contributed by atoms with E-state index < -0.39 is 5.60 Å². The largest absolute Gasteiger partial charge is 0.251 e. The number of hydrogen-bond donors (Lipinski definition) is 1. The Balaban J connectivity index is 4.16. The third-order valence-corrected chi connectivity index (χ3v) is 1.41. The molecule has 0 aromatic heterocycles. The Morgan fingerprint density at radius 1 is 1.50 bits per heavy atom. The monoisotopic (exact) mass is 168 g/mol. The van der Waals surface area contributed by atoms with Gasteiger partial charge in [0, 0.05) is 0 Å². The van der Waals surface area contributed by atoms with Crippen molar-refractivity contribution in [3.05, 3.63) is 36.5 Å². The van der Waals surface area contributed by atoms with Crippen LogP contribution in [-0.4, -0.2) is 10.9 Å². The fourth-order valence-electron chi connectivity index (χ4n) is 0.530. The molecule has 0 radical (unpaired) electrons. The third kappa shape index (κ3) is 4.88. The van der Waals surface area contributed by atoms with Crippen molar-refractivity contribution in [2.75, 3.05) is 0 Å². The maximum atomic E-state index is 8.42. The summed E-state index contributed by atoms with van der Waals surface area (Å²) in [5.41, 5.74) is 0.442. The maximum Gasteiger partial charge on any atom is 0.116 e. The minimum atomic E-state index is -0.627. The molecular formula is C10H16O2. The Labute approximate surface area is 73.8 Å². The van der Waals surface area contributed by atoms with E-state index in [-0.39, 0.29) is 0 Å². The van der Waals surface area contributed by atoms with E-state index in [9.17, 15) is 0 Å². The quantitative estimate of drug-likeness (QED) is 0.397. The van der Waals surface area contributed by atoms with Crippen molar-refractivity contribution in [1.29, 1.82) is 0 Å². The van der Waals surface area contributed by atoms with Crippen LogP contribution >= 0.6 is 0 Å². The smallest absolute Gasteiger partial charge is 0.116 e. The first-order valence-electron chi connectivity index (χ1n) is 3.83. The van der Waals surface area contributed by atoms with E-state index in [0.29, 0.717) is 0 Å². The molecule has 0 spiro atoms. The normalized spacial score (nSPS) is 13.8. The van der Waals surface area contributed by atoms with Gasteiger partial charge in [-0.25, -0.2) is 4.89 Å². The fourth-order valence-corrected chi connectivity index (χ4v) is 0.530. The van der Waals surface area contributed by atoms with Crippen LogP contribution in [0.3, 0.4) is 0 Å². The van der Waals surface area contributed by atoms with Gasteiger partial charge >= 0.3 is 0 Å². The predicted octanol–water partition coefficient (Wildman–Crippen LogP) is 2.94. The molecule has 0 aromatic carbocycles. The molecule has 0 aromatic rings. The molecule has 0 saturated carbocycles. The van der Waals surface area contributed by atoms with Gasteiger partial charge in [-0.1, -0.05) is 36.5 Å². The Hall–Kier alpha value is -0.860. The second kappa shape index (κ2) is 4.91. The van der Waals surface area contributed by atoms with Crippen molar-refractivity contribution in [3.63, 3.8) is 0 Å². The van der Waals surface area contributed by atoms with Gasteiger partial charge in [-0.2, -0.15) is 0 Å². The summed E-state index contributed by atoms with van der Waals surface area (Å²) < 4.78 is 0. The highest BCUT2D eigenvalue weighted by Crippen LogP contribution is 2.08. The van der Waals surface area contributed by atoms with Crippen molar-refractivity contribution in [2.45, 2.75) is 26.4 Å². The highest BCUT2D eigenvalue weighted by atomic mass is 17.1. The van der Waals surface area contributed by atoms with Gasteiger partial charge in [0.05, 0.1) is 0 Å². The molecule has 0 saturated heterocycles. The highest BCUT2D eigenvalue weighted by molar-refractivity contribution is 5.20. The van der Waals surface area contributed by atoms with Gasteiger partial charge in [0.1, 0.15) is 5.60 Å². The lowest BCUT2D eigenvalue weighted by atomic mass is 10.1. The van der Waals surface area contributed by atoms with Gasteiger partial charge in [0.2, 0.25) is 0 Å². The number of allylic oxidation sites excluding steroid dienone is 4. The molecule has 12 heavy (non-hydrogen) atoms. The average Bonchev–Trinajstić information content (AvgIpc) is 2.04. The maximum absolute atomic E-state index is 8.42. The van der Waals surface area contributed by atoms with E-state index in [2.05, 4.69) is 11.5 Å². The summed E-state index contributed by atoms with van der Waals surface area (Å²) in [6.45, 7) is 9.09. The van der Waals surface area contributed by atoms with Crippen LogP contribution in [0.15, 0.2) is 36.5 Å². The molecule has 2 nitrogen and oxygen atoms in total. The molecule has 0 aliphatic heterocycles. The predicted molar refractivity (Wildman–Crippen MR) is 50.9 cm³/mol. The summed E-state index contributed by atoms with van der Waals surface area (Å²) in [6.07, 6.45) is 7.25. The van der Waals surface area contributed by atoms with Crippen LogP contribution in [-0.2, 0) is 4.89 Å². The van der Waals surface area contributed by atoms with Crippen LogP contribution in [0.1, 0.15) is 20.8 Å². The first-order chi connectivity index (χ1) is 5.52. The Morgan fingerprint density at radius 2 is 2.08 bits per heavy atom. The minimum absolute atomic E-state index is 0.627. The Morgan fingerprint density at radius 3 is 2.50 bits per heavy atom. The second-order valence-corrected chi connectivity index (χ2v) is 3.17. The van der Waals surface area contributed by atoms with E-state index in [1.165, 1.54) is 0 Å². The van der Waals surface area contributed by atoms with Crippen LogP contribution < -0.4 is 0 Å². The lowest BCUT2D eigenvalue weighted by Gasteiger charge is -2.13. The van der Waals surface area contributed by atoms with E-state index in [1.54, 1.807) is 26.0 Å². The van der Waals surface area contributed by atoms with Crippen molar-refractivity contribution in [1.82, 2.24) is 0 Å². The number of hydrogen-bond acceptors (Lipinski definition) is 2. The minimum Gasteiger partial charge on any atom is -0.251 e. The van der Waals surface area contributed by atoms with Gasteiger partial charge in [-0.05, 0) is 20.8 Å². The molecule has 0 unspecified atom stereocenters. The van der Waals surface area contributed by atoms with E-state index in [0.717, 1.165) is 5.57 Å². The lowest BCUT2D eigenvalue weighted by Crippen LogP contribution is -2.18. The molecule has 0 rings (SSSR count). The summed E-state index contributed by atoms with van der Waals surface area (Å²) in [5.74, 6) is 0. The van der Waals surface area contributed by atoms with Crippen molar-refractivity contribution in [3.8, 4) is 0 Å². The van der Waals surface area contributed by atoms with Crippen molar-refractivity contribution >= 4 is 0 Å². The zero-order valence-corrected chi connectivity index (χ0v) is 7.87. The van der Waals surface area contributed by atoms with Crippen LogP contribution in [0.25, 0.3) is 0 Å². The first-order valence-corrected chi connectivity index (χ1v) is 3.83. The van der Waals surface area contributed by atoms with Crippen LogP contribution in [0.2, 0.25) is 0 Å². The fraction of sp³-hybridized carbons (Fsp3) is 0.400. The Bertz CT molecular complexity index is 200. The van der Waals surface area contributed by atoms with Crippen LogP contribution in [0, 0.1) is 0 Å². The summed E-state index contributed by atoms with van der Waals surface area (Å²) in [7, 11) is 0. The topological polar surface area (TPSA) is 29.5 Å². The van der Waals surface area contributed by atoms with Gasteiger partial charge in [0.25, 0.3) is 0 Å². The standard InChI is InChI=1S/C10H16O2/c1-5-9(2)7-6-8-10(3,4)12-11/h5-8,11H,1H2,2-4H3/b8-6+,9-7+. The molecular weight excluding hydrogens is 152 g/mol. The van der Waals surface area contributed by atoms with E-state index in [1.807, 2.05) is 19.1 Å². The first kappa shape index (κ1) is 11.1. The Kier molecular flexibility index (Phi) is 4.55. The molecule has 0 fully saturated rings. The summed E-state index contributed by atoms with van der Waals surface area (Å²) in [4.78, 5) is 4.21. The summed E-state index contributed by atoms with van der Waals surface area (Å²) in [5, 5.41) is 8.42. The van der Waals surface area contributed by atoms with Gasteiger partial charge in [-0.15, -0.1) is 0 Å². The molecule has 0 heterocycles. The van der Waals surface area contributed by atoms with Gasteiger partial charge in [0.15, 0.2) is 0 Å². The van der Waals surface area contributed by atoms with E-state index >= 15 is 0 Å². The molecule has 2 heteroatoms. The highest BCUT2D eigenvalue weighted by Gasteiger charge is 2.12. The number of rotatable bonds is 4. The summed E-state index contributed by atoms with van der Waals surface area (Å²) in [6, 6.07) is 0. The average molecular weight is 168 g/mol. The molecule has 1 N–H and O–H groups in total. The van der Waals surface area contributed by atoms with E-state index in [4.69, 9.17) is 5.26 Å². The van der Waals surface area contributed by atoms with Crippen LogP contribution in [0.5, 0.6) is 0 Å². The van der Waals surface area contributed by atoms with Gasteiger partial charge < -0.3 is 0 Å². The van der Waals surface area contributed by atoms with Gasteiger partial charge in [-0.3, -0.25) is 5.26 Å². The zero-order chi connectivity index (χ0) is 9.61. The zero-order valence-electron chi connectivity index (χ0n) is 7.87. The van der Waals surface area contributed by atoms with Crippen molar-refractivity contribution < 1.29 is 10.1 Å².